The number of halogens is 2. The van der Waals surface area contributed by atoms with Crippen molar-refractivity contribution in [3.63, 3.8) is 0 Å². The Morgan fingerprint density at radius 1 is 0.750 bits per heavy atom. The summed E-state index contributed by atoms with van der Waals surface area (Å²) in [6.07, 6.45) is -0.398. The van der Waals surface area contributed by atoms with Gasteiger partial charge in [-0.1, -0.05) is 96.0 Å². The van der Waals surface area contributed by atoms with E-state index in [4.69, 9.17) is 56.4 Å². The van der Waals surface area contributed by atoms with Crippen LogP contribution in [-0.2, 0) is 25.9 Å². The lowest BCUT2D eigenvalue weighted by Crippen LogP contribution is -2.39. The molecule has 310 valence electrons. The smallest absolute Gasteiger partial charge is 0.259 e. The number of benzene rings is 5. The van der Waals surface area contributed by atoms with Crippen molar-refractivity contribution in [2.24, 2.45) is 0 Å². The van der Waals surface area contributed by atoms with Crippen LogP contribution < -0.4 is 9.47 Å². The van der Waals surface area contributed by atoms with E-state index >= 15 is 0 Å². The number of hydrogen-bond donors (Lipinski definition) is 0. The molecule has 0 spiro atoms. The highest BCUT2D eigenvalue weighted by Gasteiger charge is 2.40. The fourth-order valence-electron chi connectivity index (χ4n) is 7.65. The number of methoxy groups -OCH3 is 2. The molecule has 10 nitrogen and oxygen atoms in total. The predicted molar refractivity (Wildman–Crippen MR) is 241 cm³/mol. The fraction of sp³-hybridized carbons (Fsp3) is 0.298. The van der Waals surface area contributed by atoms with Gasteiger partial charge < -0.3 is 27.8 Å². The maximum atomic E-state index is 9.52. The SMILES string of the molecule is COc1ccc(C(OC[C@H](Cn2c3ccccc3c3nc4cc(Cl)c(Cl)cc4nc32)OP(OCCC#N)N(C(C)C)C(C)C)(c2ccccc2)c2ccc(OC)cc2)cc1. The van der Waals surface area contributed by atoms with Crippen molar-refractivity contribution in [3.05, 3.63) is 142 Å². The molecule has 5 aromatic carbocycles. The van der Waals surface area contributed by atoms with Crippen LogP contribution in [0.2, 0.25) is 10.0 Å². The first-order valence-electron chi connectivity index (χ1n) is 19.8. The zero-order valence-electron chi connectivity index (χ0n) is 34.5. The third-order valence-electron chi connectivity index (χ3n) is 10.3. The van der Waals surface area contributed by atoms with Gasteiger partial charge in [0.25, 0.3) is 8.53 Å². The van der Waals surface area contributed by atoms with Crippen LogP contribution in [-0.4, -0.2) is 64.8 Å². The molecule has 1 unspecified atom stereocenters. The van der Waals surface area contributed by atoms with Crippen molar-refractivity contribution in [2.75, 3.05) is 27.4 Å². The summed E-state index contributed by atoms with van der Waals surface area (Å²) in [5, 5.41) is 11.3. The van der Waals surface area contributed by atoms with E-state index in [-0.39, 0.29) is 31.7 Å². The van der Waals surface area contributed by atoms with Gasteiger partial charge in [-0.3, -0.25) is 0 Å². The molecular weight excluding hydrogens is 816 g/mol. The molecule has 0 aliphatic carbocycles. The molecule has 2 atom stereocenters. The van der Waals surface area contributed by atoms with Crippen LogP contribution in [0.1, 0.15) is 50.8 Å². The van der Waals surface area contributed by atoms with E-state index in [2.05, 4.69) is 61.2 Å². The van der Waals surface area contributed by atoms with Gasteiger partial charge in [0.2, 0.25) is 0 Å². The Bertz CT molecular complexity index is 2530. The van der Waals surface area contributed by atoms with E-state index in [9.17, 15) is 5.26 Å². The Morgan fingerprint density at radius 2 is 1.30 bits per heavy atom. The van der Waals surface area contributed by atoms with Crippen LogP contribution in [0.5, 0.6) is 11.5 Å². The molecule has 7 aromatic rings. The summed E-state index contributed by atoms with van der Waals surface area (Å²) in [4.78, 5) is 10.2. The zero-order valence-corrected chi connectivity index (χ0v) is 36.9. The Balaban J connectivity index is 1.41. The predicted octanol–water partition coefficient (Wildman–Crippen LogP) is 11.7. The van der Waals surface area contributed by atoms with Crippen LogP contribution >= 0.6 is 31.7 Å². The van der Waals surface area contributed by atoms with Crippen LogP contribution in [0.15, 0.2) is 115 Å². The molecule has 13 heteroatoms. The Labute approximate surface area is 362 Å². The molecule has 0 saturated heterocycles. The molecule has 0 saturated carbocycles. The maximum Gasteiger partial charge on any atom is 0.259 e. The zero-order chi connectivity index (χ0) is 42.4. The van der Waals surface area contributed by atoms with E-state index in [1.165, 1.54) is 0 Å². The highest BCUT2D eigenvalue weighted by molar-refractivity contribution is 7.44. The van der Waals surface area contributed by atoms with Crippen LogP contribution in [0.25, 0.3) is 33.1 Å². The topological polar surface area (TPSA) is 104 Å². The van der Waals surface area contributed by atoms with Gasteiger partial charge in [-0.25, -0.2) is 14.6 Å². The van der Waals surface area contributed by atoms with Gasteiger partial charge in [0, 0.05) is 17.5 Å². The minimum Gasteiger partial charge on any atom is -0.497 e. The van der Waals surface area contributed by atoms with Gasteiger partial charge in [0.05, 0.1) is 73.1 Å². The molecular formula is C47H48Cl2N5O5P. The number of para-hydroxylation sites is 1. The normalized spacial score (nSPS) is 13.1. The summed E-state index contributed by atoms with van der Waals surface area (Å²) in [6, 6.07) is 40.1. The highest BCUT2D eigenvalue weighted by Crippen LogP contribution is 2.49. The second-order valence-electron chi connectivity index (χ2n) is 14.9. The minimum atomic E-state index is -1.69. The molecule has 2 heterocycles. The van der Waals surface area contributed by atoms with Crippen LogP contribution in [0, 0.1) is 11.3 Å². The molecule has 0 aliphatic heterocycles. The number of nitriles is 1. The molecule has 0 radical (unpaired) electrons. The number of rotatable bonds is 18. The Morgan fingerprint density at radius 3 is 1.87 bits per heavy atom. The summed E-state index contributed by atoms with van der Waals surface area (Å²) < 4.78 is 36.8. The average molecular weight is 865 g/mol. The summed E-state index contributed by atoms with van der Waals surface area (Å²) in [5.74, 6) is 1.45. The lowest BCUT2D eigenvalue weighted by atomic mass is 9.80. The van der Waals surface area contributed by atoms with Crippen molar-refractivity contribution in [2.45, 2.75) is 64.4 Å². The third-order valence-corrected chi connectivity index (χ3v) is 13.2. The molecule has 0 N–H and O–H groups in total. The number of fused-ring (bicyclic) bond motifs is 4. The van der Waals surface area contributed by atoms with E-state index < -0.39 is 20.2 Å². The van der Waals surface area contributed by atoms with Gasteiger partial charge in [0.15, 0.2) is 5.65 Å². The number of hydrogen-bond acceptors (Lipinski definition) is 9. The Kier molecular flexibility index (Phi) is 13.9. The first-order chi connectivity index (χ1) is 29.1. The lowest BCUT2D eigenvalue weighted by Gasteiger charge is -2.39. The third kappa shape index (κ3) is 8.95. The van der Waals surface area contributed by atoms with E-state index in [0.29, 0.717) is 33.3 Å². The van der Waals surface area contributed by atoms with Crippen LogP contribution in [0.4, 0.5) is 0 Å². The standard InChI is InChI=1S/C47H48Cl2N5O5P/c1-31(2)54(32(3)4)60(58-26-12-25-50)59-38(29-53-44-16-11-10-15-39(44)45-46(53)52-43-28-41(49)40(48)27-42(43)51-45)30-57-47(33-13-8-7-9-14-33,34-17-21-36(55-5)22-18-34)35-19-23-37(56-6)24-20-35/h7-11,13-24,27-28,31-32,38H,12,26,29-30H2,1-6H3/t38-,60?/m0/s1. The first kappa shape index (κ1) is 43.3. The molecule has 60 heavy (non-hydrogen) atoms. The molecule has 0 aliphatic rings. The van der Waals surface area contributed by atoms with Crippen LogP contribution in [0.3, 0.4) is 0 Å². The fourth-order valence-corrected chi connectivity index (χ4v) is 9.66. The second kappa shape index (κ2) is 19.3. The van der Waals surface area contributed by atoms with Crippen molar-refractivity contribution in [3.8, 4) is 17.6 Å². The van der Waals surface area contributed by atoms with E-state index in [1.807, 2.05) is 84.9 Å². The van der Waals surface area contributed by atoms with Gasteiger partial charge in [-0.2, -0.15) is 5.26 Å². The quantitative estimate of drug-likeness (QED) is 0.0474. The largest absolute Gasteiger partial charge is 0.497 e. The number of nitrogens with zero attached hydrogens (tertiary/aromatic N) is 5. The summed E-state index contributed by atoms with van der Waals surface area (Å²) in [6.45, 7) is 9.12. The highest BCUT2D eigenvalue weighted by atomic mass is 35.5. The minimum absolute atomic E-state index is 0.0730. The second-order valence-corrected chi connectivity index (χ2v) is 17.1. The monoisotopic (exact) mass is 863 g/mol. The molecule has 0 bridgehead atoms. The van der Waals surface area contributed by atoms with Crippen molar-refractivity contribution in [1.82, 2.24) is 19.2 Å². The summed E-state index contributed by atoms with van der Waals surface area (Å²) in [5.41, 5.74) is 5.15. The Hall–Kier alpha value is -4.82. The molecule has 7 rings (SSSR count). The van der Waals surface area contributed by atoms with Gasteiger partial charge in [-0.05, 0) is 86.8 Å². The van der Waals surface area contributed by atoms with Gasteiger partial charge in [-0.15, -0.1) is 0 Å². The van der Waals surface area contributed by atoms with Gasteiger partial charge >= 0.3 is 0 Å². The summed E-state index contributed by atoms with van der Waals surface area (Å²) >= 11 is 13.0. The van der Waals surface area contributed by atoms with Gasteiger partial charge in [0.1, 0.15) is 28.7 Å². The number of ether oxygens (including phenoxy) is 3. The van der Waals surface area contributed by atoms with E-state index in [0.717, 1.165) is 44.6 Å². The molecule has 2 aromatic heterocycles. The van der Waals surface area contributed by atoms with Crippen molar-refractivity contribution in [1.29, 1.82) is 5.26 Å². The van der Waals surface area contributed by atoms with E-state index in [1.54, 1.807) is 26.4 Å². The van der Waals surface area contributed by atoms with Crippen molar-refractivity contribution < 1.29 is 23.3 Å². The maximum absolute atomic E-state index is 9.52. The first-order valence-corrected chi connectivity index (χ1v) is 21.7. The number of aromatic nitrogens is 3. The summed E-state index contributed by atoms with van der Waals surface area (Å²) in [7, 11) is 1.61. The average Bonchev–Trinajstić information content (AvgIpc) is 3.55. The lowest BCUT2D eigenvalue weighted by molar-refractivity contribution is -0.0378. The molecule has 0 amide bonds. The van der Waals surface area contributed by atoms with Crippen molar-refractivity contribution >= 4 is 64.8 Å². The molecule has 0 fully saturated rings.